The molecule has 0 saturated heterocycles. The summed E-state index contributed by atoms with van der Waals surface area (Å²) in [6.45, 7) is 3.51. The van der Waals surface area contributed by atoms with Crippen LogP contribution in [0, 0.1) is 13.8 Å². The number of hydrogen-bond donors (Lipinski definition) is 2. The fourth-order valence-corrected chi connectivity index (χ4v) is 2.34. The van der Waals surface area contributed by atoms with Crippen molar-refractivity contribution in [2.75, 3.05) is 5.32 Å². The van der Waals surface area contributed by atoms with E-state index in [-0.39, 0.29) is 10.9 Å². The van der Waals surface area contributed by atoms with Crippen LogP contribution in [0.25, 0.3) is 0 Å². The fourth-order valence-electron chi connectivity index (χ4n) is 1.80. The van der Waals surface area contributed by atoms with Crippen LogP contribution in [0.1, 0.15) is 27.3 Å². The molecule has 0 atom stereocenters. The van der Waals surface area contributed by atoms with Gasteiger partial charge < -0.3 is 11.1 Å². The standard InChI is InChI=1S/C14H13BrN4OS/c1-7-5-11(8(2)19-18-7)14(20)17-12-6-9(15)3-4-10(12)13(16)21/h3-6H,1-2H3,(H2,16,21)(H,17,20). The predicted molar refractivity (Wildman–Crippen MR) is 89.5 cm³/mol. The van der Waals surface area contributed by atoms with E-state index in [2.05, 4.69) is 31.4 Å². The summed E-state index contributed by atoms with van der Waals surface area (Å²) in [7, 11) is 0. The number of halogens is 1. The summed E-state index contributed by atoms with van der Waals surface area (Å²) in [5, 5.41) is 10.7. The Hall–Kier alpha value is -1.86. The molecule has 0 fully saturated rings. The van der Waals surface area contributed by atoms with Gasteiger partial charge in [-0.1, -0.05) is 28.1 Å². The maximum atomic E-state index is 12.4. The maximum absolute atomic E-state index is 12.4. The fraction of sp³-hybridized carbons (Fsp3) is 0.143. The molecule has 108 valence electrons. The molecule has 1 heterocycles. The molecule has 0 spiro atoms. The van der Waals surface area contributed by atoms with Gasteiger partial charge in [-0.3, -0.25) is 4.79 Å². The van der Waals surface area contributed by atoms with Gasteiger partial charge in [-0.15, -0.1) is 0 Å². The number of aryl methyl sites for hydroxylation is 2. The van der Waals surface area contributed by atoms with Gasteiger partial charge in [-0.25, -0.2) is 0 Å². The maximum Gasteiger partial charge on any atom is 0.257 e. The van der Waals surface area contributed by atoms with Crippen LogP contribution in [-0.4, -0.2) is 21.1 Å². The van der Waals surface area contributed by atoms with Gasteiger partial charge in [0.05, 0.1) is 22.6 Å². The van der Waals surface area contributed by atoms with Gasteiger partial charge in [0, 0.05) is 10.0 Å². The van der Waals surface area contributed by atoms with Crippen molar-refractivity contribution in [1.82, 2.24) is 10.2 Å². The van der Waals surface area contributed by atoms with Crippen LogP contribution >= 0.6 is 28.1 Å². The summed E-state index contributed by atoms with van der Waals surface area (Å²) < 4.78 is 0.818. The molecule has 0 saturated carbocycles. The summed E-state index contributed by atoms with van der Waals surface area (Å²) in [5.74, 6) is -0.277. The molecule has 1 aromatic heterocycles. The lowest BCUT2D eigenvalue weighted by atomic mass is 10.1. The number of amides is 1. The normalized spacial score (nSPS) is 10.2. The number of carbonyl (C=O) groups is 1. The van der Waals surface area contributed by atoms with E-state index in [0.717, 1.165) is 4.47 Å². The Morgan fingerprint density at radius 3 is 2.62 bits per heavy atom. The van der Waals surface area contributed by atoms with E-state index in [1.54, 1.807) is 32.0 Å². The Labute approximate surface area is 136 Å². The lowest BCUT2D eigenvalue weighted by Crippen LogP contribution is -2.19. The van der Waals surface area contributed by atoms with E-state index in [0.29, 0.717) is 28.2 Å². The zero-order valence-corrected chi connectivity index (χ0v) is 13.9. The summed E-state index contributed by atoms with van der Waals surface area (Å²) in [6, 6.07) is 7.01. The van der Waals surface area contributed by atoms with Gasteiger partial charge in [0.25, 0.3) is 5.91 Å². The third kappa shape index (κ3) is 3.62. The van der Waals surface area contributed by atoms with E-state index in [1.165, 1.54) is 0 Å². The molecule has 5 nitrogen and oxygen atoms in total. The second-order valence-electron chi connectivity index (χ2n) is 4.49. The van der Waals surface area contributed by atoms with E-state index in [9.17, 15) is 4.79 Å². The van der Waals surface area contributed by atoms with Crippen LogP contribution in [0.5, 0.6) is 0 Å². The van der Waals surface area contributed by atoms with E-state index in [1.807, 2.05) is 6.07 Å². The number of nitrogens with zero attached hydrogens (tertiary/aromatic N) is 2. The minimum atomic E-state index is -0.277. The highest BCUT2D eigenvalue weighted by Crippen LogP contribution is 2.22. The van der Waals surface area contributed by atoms with Crippen molar-refractivity contribution in [3.63, 3.8) is 0 Å². The van der Waals surface area contributed by atoms with Gasteiger partial charge in [0.2, 0.25) is 0 Å². The molecule has 0 aliphatic rings. The SMILES string of the molecule is Cc1cc(C(=O)Nc2cc(Br)ccc2C(N)=S)c(C)nn1. The number of carbonyl (C=O) groups excluding carboxylic acids is 1. The van der Waals surface area contributed by atoms with Gasteiger partial charge in [0.1, 0.15) is 4.99 Å². The number of nitrogens with one attached hydrogen (secondary N) is 1. The zero-order valence-electron chi connectivity index (χ0n) is 11.5. The average molecular weight is 365 g/mol. The molecule has 1 amide bonds. The number of aromatic nitrogens is 2. The van der Waals surface area contributed by atoms with Crippen molar-refractivity contribution in [2.45, 2.75) is 13.8 Å². The highest BCUT2D eigenvalue weighted by Gasteiger charge is 2.14. The van der Waals surface area contributed by atoms with Crippen molar-refractivity contribution in [3.8, 4) is 0 Å². The molecule has 0 bridgehead atoms. The lowest BCUT2D eigenvalue weighted by Gasteiger charge is -2.11. The molecule has 2 aromatic rings. The highest BCUT2D eigenvalue weighted by atomic mass is 79.9. The summed E-state index contributed by atoms with van der Waals surface area (Å²) in [6.07, 6.45) is 0. The van der Waals surface area contributed by atoms with Gasteiger partial charge in [-0.05, 0) is 38.1 Å². The van der Waals surface area contributed by atoms with Crippen LogP contribution in [0.2, 0.25) is 0 Å². The molecule has 2 rings (SSSR count). The van der Waals surface area contributed by atoms with Crippen molar-refractivity contribution in [1.29, 1.82) is 0 Å². The average Bonchev–Trinajstić information content (AvgIpc) is 2.41. The van der Waals surface area contributed by atoms with Crippen molar-refractivity contribution in [2.24, 2.45) is 5.73 Å². The first kappa shape index (κ1) is 15.5. The minimum Gasteiger partial charge on any atom is -0.389 e. The largest absolute Gasteiger partial charge is 0.389 e. The first-order valence-corrected chi connectivity index (χ1v) is 7.30. The molecule has 1 aromatic carbocycles. The topological polar surface area (TPSA) is 80.9 Å². The summed E-state index contributed by atoms with van der Waals surface area (Å²) in [5.41, 5.74) is 8.54. The second kappa shape index (κ2) is 6.28. The molecular weight excluding hydrogens is 352 g/mol. The van der Waals surface area contributed by atoms with E-state index < -0.39 is 0 Å². The number of benzene rings is 1. The van der Waals surface area contributed by atoms with Crippen LogP contribution in [0.3, 0.4) is 0 Å². The minimum absolute atomic E-state index is 0.221. The lowest BCUT2D eigenvalue weighted by molar-refractivity contribution is 0.102. The number of rotatable bonds is 3. The van der Waals surface area contributed by atoms with Gasteiger partial charge >= 0.3 is 0 Å². The highest BCUT2D eigenvalue weighted by molar-refractivity contribution is 9.10. The smallest absolute Gasteiger partial charge is 0.257 e. The molecule has 0 aliphatic heterocycles. The predicted octanol–water partition coefficient (Wildman–Crippen LogP) is 2.74. The van der Waals surface area contributed by atoms with Gasteiger partial charge in [0.15, 0.2) is 0 Å². The summed E-state index contributed by atoms with van der Waals surface area (Å²) >= 11 is 8.36. The first-order valence-electron chi connectivity index (χ1n) is 6.10. The van der Waals surface area contributed by atoms with Crippen LogP contribution < -0.4 is 11.1 Å². The Bertz CT molecular complexity index is 733. The first-order chi connectivity index (χ1) is 9.88. The van der Waals surface area contributed by atoms with E-state index in [4.69, 9.17) is 18.0 Å². The molecule has 0 unspecified atom stereocenters. The Kier molecular flexibility index (Phi) is 4.64. The Morgan fingerprint density at radius 2 is 1.95 bits per heavy atom. The number of anilines is 1. The molecule has 21 heavy (non-hydrogen) atoms. The van der Waals surface area contributed by atoms with Gasteiger partial charge in [-0.2, -0.15) is 10.2 Å². The van der Waals surface area contributed by atoms with E-state index >= 15 is 0 Å². The van der Waals surface area contributed by atoms with Crippen LogP contribution in [-0.2, 0) is 0 Å². The third-order valence-electron chi connectivity index (χ3n) is 2.84. The zero-order chi connectivity index (χ0) is 15.6. The second-order valence-corrected chi connectivity index (χ2v) is 5.85. The van der Waals surface area contributed by atoms with Crippen molar-refractivity contribution in [3.05, 3.63) is 51.3 Å². The van der Waals surface area contributed by atoms with Crippen LogP contribution in [0.4, 0.5) is 5.69 Å². The molecule has 0 aliphatic carbocycles. The quantitative estimate of drug-likeness (QED) is 0.818. The molecule has 3 N–H and O–H groups in total. The molecule has 7 heteroatoms. The number of thiocarbonyl (C=S) groups is 1. The Balaban J connectivity index is 2.38. The summed E-state index contributed by atoms with van der Waals surface area (Å²) in [4.78, 5) is 12.6. The molecule has 0 radical (unpaired) electrons. The van der Waals surface area contributed by atoms with Crippen LogP contribution in [0.15, 0.2) is 28.7 Å². The third-order valence-corrected chi connectivity index (χ3v) is 3.55. The van der Waals surface area contributed by atoms with Crippen molar-refractivity contribution < 1.29 is 4.79 Å². The molecular formula is C14H13BrN4OS. The number of nitrogens with two attached hydrogens (primary N) is 1. The number of hydrogen-bond acceptors (Lipinski definition) is 4. The Morgan fingerprint density at radius 1 is 1.24 bits per heavy atom. The van der Waals surface area contributed by atoms with Crippen molar-refractivity contribution >= 4 is 44.7 Å². The monoisotopic (exact) mass is 364 g/mol.